The van der Waals surface area contributed by atoms with Gasteiger partial charge in [0.15, 0.2) is 0 Å². The van der Waals surface area contributed by atoms with Gasteiger partial charge < -0.3 is 0 Å². The maximum atomic E-state index is 5.39. The Morgan fingerprint density at radius 3 is 2.92 bits per heavy atom. The molecule has 1 heterocycles. The van der Waals surface area contributed by atoms with E-state index in [0.29, 0.717) is 0 Å². The van der Waals surface area contributed by atoms with Crippen molar-refractivity contribution in [3.63, 3.8) is 0 Å². The lowest BCUT2D eigenvalue weighted by atomic mass is 10.1. The SMILES string of the molecule is CCC(NN)c1ncccc1C. The summed E-state index contributed by atoms with van der Waals surface area (Å²) in [6.45, 7) is 4.13. The van der Waals surface area contributed by atoms with E-state index in [-0.39, 0.29) is 6.04 Å². The van der Waals surface area contributed by atoms with Crippen LogP contribution in [0.4, 0.5) is 0 Å². The van der Waals surface area contributed by atoms with Crippen LogP contribution in [0.5, 0.6) is 0 Å². The summed E-state index contributed by atoms with van der Waals surface area (Å²) in [4.78, 5) is 4.28. The van der Waals surface area contributed by atoms with Crippen LogP contribution in [0.15, 0.2) is 18.3 Å². The van der Waals surface area contributed by atoms with E-state index in [0.717, 1.165) is 12.1 Å². The number of hydrogen-bond donors (Lipinski definition) is 2. The Hall–Kier alpha value is -0.930. The molecule has 1 aromatic heterocycles. The van der Waals surface area contributed by atoms with E-state index >= 15 is 0 Å². The number of aryl methyl sites for hydroxylation is 1. The van der Waals surface area contributed by atoms with E-state index < -0.39 is 0 Å². The largest absolute Gasteiger partial charge is 0.271 e. The van der Waals surface area contributed by atoms with Crippen LogP contribution in [0.25, 0.3) is 0 Å². The Bertz CT molecular complexity index is 243. The summed E-state index contributed by atoms with van der Waals surface area (Å²) in [7, 11) is 0. The van der Waals surface area contributed by atoms with Gasteiger partial charge in [0.25, 0.3) is 0 Å². The zero-order chi connectivity index (χ0) is 8.97. The van der Waals surface area contributed by atoms with Gasteiger partial charge in [-0.3, -0.25) is 16.3 Å². The van der Waals surface area contributed by atoms with Crippen molar-refractivity contribution in [2.45, 2.75) is 26.3 Å². The zero-order valence-corrected chi connectivity index (χ0v) is 7.54. The summed E-state index contributed by atoms with van der Waals surface area (Å²) in [6.07, 6.45) is 2.75. The lowest BCUT2D eigenvalue weighted by molar-refractivity contribution is 0.523. The second kappa shape index (κ2) is 4.18. The van der Waals surface area contributed by atoms with Gasteiger partial charge in [-0.15, -0.1) is 0 Å². The number of aromatic nitrogens is 1. The van der Waals surface area contributed by atoms with Crippen molar-refractivity contribution in [2.75, 3.05) is 0 Å². The Morgan fingerprint density at radius 1 is 1.67 bits per heavy atom. The number of nitrogens with two attached hydrogens (primary N) is 1. The smallest absolute Gasteiger partial charge is 0.0632 e. The summed E-state index contributed by atoms with van der Waals surface area (Å²) in [6, 6.07) is 4.15. The number of pyridine rings is 1. The van der Waals surface area contributed by atoms with Crippen LogP contribution < -0.4 is 11.3 Å². The first-order valence-corrected chi connectivity index (χ1v) is 4.17. The van der Waals surface area contributed by atoms with Crippen LogP contribution in [-0.4, -0.2) is 4.98 Å². The van der Waals surface area contributed by atoms with Gasteiger partial charge in [-0.1, -0.05) is 13.0 Å². The molecule has 12 heavy (non-hydrogen) atoms. The predicted octanol–water partition coefficient (Wildman–Crippen LogP) is 1.30. The molecule has 1 rings (SSSR count). The van der Waals surface area contributed by atoms with Gasteiger partial charge in [-0.2, -0.15) is 0 Å². The highest BCUT2D eigenvalue weighted by Crippen LogP contribution is 2.15. The second-order valence-electron chi connectivity index (χ2n) is 2.83. The van der Waals surface area contributed by atoms with Crippen LogP contribution in [0.1, 0.15) is 30.6 Å². The molecule has 0 saturated carbocycles. The van der Waals surface area contributed by atoms with Crippen molar-refractivity contribution >= 4 is 0 Å². The summed E-state index contributed by atoms with van der Waals surface area (Å²) >= 11 is 0. The third kappa shape index (κ3) is 1.81. The standard InChI is InChI=1S/C9H15N3/c1-3-8(12-10)9-7(2)5-4-6-11-9/h4-6,8,12H,3,10H2,1-2H3. The molecule has 0 bridgehead atoms. The second-order valence-corrected chi connectivity index (χ2v) is 2.83. The third-order valence-electron chi connectivity index (χ3n) is 1.99. The van der Waals surface area contributed by atoms with E-state index in [4.69, 9.17) is 5.84 Å². The third-order valence-corrected chi connectivity index (χ3v) is 1.99. The number of hydrazine groups is 1. The highest BCUT2D eigenvalue weighted by molar-refractivity contribution is 5.20. The molecule has 66 valence electrons. The summed E-state index contributed by atoms with van der Waals surface area (Å²) in [5.41, 5.74) is 4.97. The number of rotatable bonds is 3. The zero-order valence-electron chi connectivity index (χ0n) is 7.54. The van der Waals surface area contributed by atoms with Gasteiger partial charge in [0, 0.05) is 6.20 Å². The highest BCUT2D eigenvalue weighted by atomic mass is 15.2. The molecule has 3 N–H and O–H groups in total. The Balaban J connectivity index is 2.92. The van der Waals surface area contributed by atoms with Gasteiger partial charge >= 0.3 is 0 Å². The first-order valence-electron chi connectivity index (χ1n) is 4.17. The minimum Gasteiger partial charge on any atom is -0.271 e. The molecule has 0 aliphatic heterocycles. The fourth-order valence-corrected chi connectivity index (χ4v) is 1.25. The topological polar surface area (TPSA) is 50.9 Å². The molecular formula is C9H15N3. The molecule has 0 saturated heterocycles. The number of hydrogen-bond acceptors (Lipinski definition) is 3. The van der Waals surface area contributed by atoms with Crippen LogP contribution in [0.2, 0.25) is 0 Å². The molecule has 0 aromatic carbocycles. The van der Waals surface area contributed by atoms with Gasteiger partial charge in [-0.25, -0.2) is 0 Å². The highest BCUT2D eigenvalue weighted by Gasteiger charge is 2.09. The summed E-state index contributed by atoms with van der Waals surface area (Å²) in [5.74, 6) is 5.39. The Morgan fingerprint density at radius 2 is 2.42 bits per heavy atom. The molecule has 0 aliphatic rings. The summed E-state index contributed by atoms with van der Waals surface area (Å²) < 4.78 is 0. The van der Waals surface area contributed by atoms with Crippen molar-refractivity contribution < 1.29 is 0 Å². The van der Waals surface area contributed by atoms with E-state index in [1.807, 2.05) is 19.1 Å². The Labute approximate surface area is 73.0 Å². The van der Waals surface area contributed by atoms with E-state index in [1.54, 1.807) is 6.20 Å². The lowest BCUT2D eigenvalue weighted by Crippen LogP contribution is -2.28. The molecule has 0 amide bonds. The molecule has 0 spiro atoms. The molecule has 0 radical (unpaired) electrons. The fourth-order valence-electron chi connectivity index (χ4n) is 1.25. The molecule has 0 fully saturated rings. The first kappa shape index (κ1) is 9.16. The summed E-state index contributed by atoms with van der Waals surface area (Å²) in [5, 5.41) is 0. The van der Waals surface area contributed by atoms with Crippen LogP contribution in [0.3, 0.4) is 0 Å². The molecule has 3 nitrogen and oxygen atoms in total. The molecule has 1 atom stereocenters. The minimum absolute atomic E-state index is 0.172. The maximum absolute atomic E-state index is 5.39. The molecular weight excluding hydrogens is 150 g/mol. The molecule has 0 aliphatic carbocycles. The van der Waals surface area contributed by atoms with Crippen molar-refractivity contribution in [2.24, 2.45) is 5.84 Å². The van der Waals surface area contributed by atoms with Gasteiger partial charge in [-0.05, 0) is 25.0 Å². The molecule has 3 heteroatoms. The van der Waals surface area contributed by atoms with Gasteiger partial charge in [0.05, 0.1) is 11.7 Å². The number of nitrogens with zero attached hydrogens (tertiary/aromatic N) is 1. The van der Waals surface area contributed by atoms with Crippen molar-refractivity contribution in [1.82, 2.24) is 10.4 Å². The van der Waals surface area contributed by atoms with E-state index in [2.05, 4.69) is 17.3 Å². The first-order chi connectivity index (χ1) is 5.79. The fraction of sp³-hybridized carbons (Fsp3) is 0.444. The average molecular weight is 165 g/mol. The van der Waals surface area contributed by atoms with E-state index in [1.165, 1.54) is 5.56 Å². The van der Waals surface area contributed by atoms with Crippen LogP contribution >= 0.6 is 0 Å². The van der Waals surface area contributed by atoms with Crippen LogP contribution in [0, 0.1) is 6.92 Å². The normalized spacial score (nSPS) is 12.9. The molecule has 1 unspecified atom stereocenters. The monoisotopic (exact) mass is 165 g/mol. The van der Waals surface area contributed by atoms with Crippen molar-refractivity contribution in [3.05, 3.63) is 29.6 Å². The predicted molar refractivity (Wildman–Crippen MR) is 49.3 cm³/mol. The Kier molecular flexibility index (Phi) is 3.19. The minimum atomic E-state index is 0.172. The van der Waals surface area contributed by atoms with Crippen molar-refractivity contribution in [1.29, 1.82) is 0 Å². The quantitative estimate of drug-likeness (QED) is 0.524. The maximum Gasteiger partial charge on any atom is 0.0632 e. The lowest BCUT2D eigenvalue weighted by Gasteiger charge is -2.14. The average Bonchev–Trinajstić information content (AvgIpc) is 2.10. The van der Waals surface area contributed by atoms with Gasteiger partial charge in [0.2, 0.25) is 0 Å². The molecule has 1 aromatic rings. The van der Waals surface area contributed by atoms with Gasteiger partial charge in [0.1, 0.15) is 0 Å². The van der Waals surface area contributed by atoms with Crippen LogP contribution in [-0.2, 0) is 0 Å². The van der Waals surface area contributed by atoms with E-state index in [9.17, 15) is 0 Å². The number of nitrogens with one attached hydrogen (secondary N) is 1. The van der Waals surface area contributed by atoms with Crippen molar-refractivity contribution in [3.8, 4) is 0 Å².